The molecule has 4 aliphatic carbocycles. The van der Waals surface area contributed by atoms with Crippen LogP contribution in [0.4, 0.5) is 0 Å². The predicted octanol–water partition coefficient (Wildman–Crippen LogP) is 1.55. The molecule has 4 aliphatic rings. The van der Waals surface area contributed by atoms with Gasteiger partial charge in [0, 0.05) is 32.0 Å². The Kier molecular flexibility index (Phi) is 2.82. The van der Waals surface area contributed by atoms with Crippen LogP contribution in [0.25, 0.3) is 0 Å². The molecule has 0 aromatic rings. The van der Waals surface area contributed by atoms with E-state index in [1.165, 1.54) is 0 Å². The zero-order chi connectivity index (χ0) is 14.7. The minimum absolute atomic E-state index is 0.0170. The monoisotopic (exact) mass is 276 g/mol. The number of rotatable bonds is 2. The molecule has 0 unspecified atom stereocenters. The molecule has 1 fully saturated rings. The summed E-state index contributed by atoms with van der Waals surface area (Å²) in [4.78, 5) is 24.9. The molecule has 4 heteroatoms. The molecule has 0 heterocycles. The first-order valence-corrected chi connectivity index (χ1v) is 6.95. The van der Waals surface area contributed by atoms with Gasteiger partial charge in [-0.05, 0) is 25.8 Å². The zero-order valence-corrected chi connectivity index (χ0v) is 12.3. The van der Waals surface area contributed by atoms with Crippen LogP contribution in [0.2, 0.25) is 0 Å². The summed E-state index contributed by atoms with van der Waals surface area (Å²) in [5.74, 6) is -0.354. The first-order valence-electron chi connectivity index (χ1n) is 6.95. The fourth-order valence-electron chi connectivity index (χ4n) is 4.18. The molecule has 1 saturated carbocycles. The molecule has 0 aromatic carbocycles. The summed E-state index contributed by atoms with van der Waals surface area (Å²) in [6.45, 7) is 3.65. The maximum Gasteiger partial charge on any atom is 0.187 e. The maximum absolute atomic E-state index is 12.6. The van der Waals surface area contributed by atoms with Crippen molar-refractivity contribution in [1.82, 2.24) is 0 Å². The molecule has 20 heavy (non-hydrogen) atoms. The molecule has 4 rings (SSSR count). The van der Waals surface area contributed by atoms with Gasteiger partial charge < -0.3 is 9.47 Å². The number of hydrogen-bond acceptors (Lipinski definition) is 4. The predicted molar refractivity (Wildman–Crippen MR) is 73.1 cm³/mol. The number of carbonyl (C=O) groups is 2. The quantitative estimate of drug-likeness (QED) is 0.718. The molecule has 0 saturated heterocycles. The van der Waals surface area contributed by atoms with Gasteiger partial charge in [0.1, 0.15) is 11.2 Å². The van der Waals surface area contributed by atoms with Crippen molar-refractivity contribution in [2.75, 3.05) is 14.2 Å². The van der Waals surface area contributed by atoms with Crippen LogP contribution >= 0.6 is 0 Å². The summed E-state index contributed by atoms with van der Waals surface area (Å²) in [6, 6.07) is 0. The van der Waals surface area contributed by atoms with E-state index in [0.717, 1.165) is 0 Å². The van der Waals surface area contributed by atoms with E-state index in [2.05, 4.69) is 0 Å². The third-order valence-corrected chi connectivity index (χ3v) is 5.61. The van der Waals surface area contributed by atoms with Gasteiger partial charge >= 0.3 is 0 Å². The maximum atomic E-state index is 12.6. The van der Waals surface area contributed by atoms with Crippen LogP contribution < -0.4 is 0 Å². The normalized spacial score (nSPS) is 49.6. The van der Waals surface area contributed by atoms with Crippen molar-refractivity contribution < 1.29 is 19.1 Å². The third-order valence-electron chi connectivity index (χ3n) is 5.61. The summed E-state index contributed by atoms with van der Waals surface area (Å²) < 4.78 is 11.1. The molecule has 2 bridgehead atoms. The van der Waals surface area contributed by atoms with E-state index in [4.69, 9.17) is 9.47 Å². The van der Waals surface area contributed by atoms with E-state index < -0.39 is 11.2 Å². The number of allylic oxidation sites excluding steroid dienone is 2. The first kappa shape index (κ1) is 13.7. The van der Waals surface area contributed by atoms with Crippen LogP contribution in [0, 0.1) is 23.7 Å². The molecule has 0 spiro atoms. The molecule has 0 radical (unpaired) electrons. The second kappa shape index (κ2) is 4.12. The second-order valence-electron chi connectivity index (χ2n) is 6.25. The average Bonchev–Trinajstić information content (AvgIpc) is 2.47. The van der Waals surface area contributed by atoms with Crippen molar-refractivity contribution in [3.63, 3.8) is 0 Å². The van der Waals surface area contributed by atoms with Gasteiger partial charge in [0.05, 0.1) is 0 Å². The Balaban J connectivity index is 2.17. The number of Topliss-reactive ketones (excluding diaryl/α,β-unsaturated/α-hetero) is 1. The van der Waals surface area contributed by atoms with Crippen LogP contribution in [0.3, 0.4) is 0 Å². The topological polar surface area (TPSA) is 52.6 Å². The fraction of sp³-hybridized carbons (Fsp3) is 0.625. The number of fused-ring (bicyclic) bond motifs is 1. The Labute approximate surface area is 118 Å². The van der Waals surface area contributed by atoms with Crippen LogP contribution in [0.1, 0.15) is 13.8 Å². The lowest BCUT2D eigenvalue weighted by atomic mass is 9.50. The second-order valence-corrected chi connectivity index (χ2v) is 6.25. The van der Waals surface area contributed by atoms with Crippen molar-refractivity contribution >= 4 is 11.6 Å². The van der Waals surface area contributed by atoms with E-state index in [-0.39, 0.29) is 35.2 Å². The average molecular weight is 276 g/mol. The molecule has 0 aromatic heterocycles. The van der Waals surface area contributed by atoms with E-state index in [1.54, 1.807) is 20.3 Å². The van der Waals surface area contributed by atoms with Gasteiger partial charge in [-0.1, -0.05) is 18.2 Å². The van der Waals surface area contributed by atoms with Crippen LogP contribution in [0.15, 0.2) is 24.3 Å². The van der Waals surface area contributed by atoms with Gasteiger partial charge in [0.15, 0.2) is 11.6 Å². The smallest absolute Gasteiger partial charge is 0.187 e. The number of hydrogen-bond donors (Lipinski definition) is 0. The summed E-state index contributed by atoms with van der Waals surface area (Å²) in [7, 11) is 3.12. The summed E-state index contributed by atoms with van der Waals surface area (Å²) in [6.07, 6.45) is 7.43. The standard InChI is InChI=1S/C16H20O4/c1-15(19-3)11-7-5-10(14(15)18)9-6-8-12(17)16(2,20-4)13(9)11/h5-11,13H,1-4H3/t9-,10+,11-,13-,15+,16-/m1/s1. The van der Waals surface area contributed by atoms with Gasteiger partial charge in [-0.3, -0.25) is 9.59 Å². The molecule has 0 aliphatic heterocycles. The first-order chi connectivity index (χ1) is 9.40. The lowest BCUT2D eigenvalue weighted by Gasteiger charge is -2.57. The van der Waals surface area contributed by atoms with E-state index in [1.807, 2.05) is 32.1 Å². The minimum Gasteiger partial charge on any atom is -0.370 e. The SMILES string of the molecule is CO[C@]1(C)C(=O)C=C[C@H]2[C@@H]1[C@H]1C=C[C@@H]2C(=O)[C@@]1(C)OC. The van der Waals surface area contributed by atoms with Crippen LogP contribution in [0.5, 0.6) is 0 Å². The zero-order valence-electron chi connectivity index (χ0n) is 12.3. The lowest BCUT2D eigenvalue weighted by molar-refractivity contribution is -0.184. The van der Waals surface area contributed by atoms with Gasteiger partial charge in [-0.15, -0.1) is 0 Å². The molecular formula is C16H20O4. The van der Waals surface area contributed by atoms with E-state index >= 15 is 0 Å². The Morgan fingerprint density at radius 2 is 1.65 bits per heavy atom. The van der Waals surface area contributed by atoms with Crippen molar-refractivity contribution in [3.8, 4) is 0 Å². The van der Waals surface area contributed by atoms with Crippen molar-refractivity contribution in [3.05, 3.63) is 24.3 Å². The van der Waals surface area contributed by atoms with Crippen LogP contribution in [-0.2, 0) is 19.1 Å². The lowest BCUT2D eigenvalue weighted by Crippen LogP contribution is -2.67. The molecule has 108 valence electrons. The van der Waals surface area contributed by atoms with Gasteiger partial charge in [0.25, 0.3) is 0 Å². The molecule has 4 nitrogen and oxygen atoms in total. The van der Waals surface area contributed by atoms with Gasteiger partial charge in [0.2, 0.25) is 0 Å². The molecule has 6 atom stereocenters. The molecule has 0 amide bonds. The Morgan fingerprint density at radius 1 is 1.00 bits per heavy atom. The van der Waals surface area contributed by atoms with Crippen molar-refractivity contribution in [2.24, 2.45) is 23.7 Å². The molecule has 0 N–H and O–H groups in total. The van der Waals surface area contributed by atoms with Crippen molar-refractivity contribution in [1.29, 1.82) is 0 Å². The number of ether oxygens (including phenoxy) is 2. The Morgan fingerprint density at radius 3 is 2.25 bits per heavy atom. The highest BCUT2D eigenvalue weighted by Gasteiger charge is 2.64. The highest BCUT2D eigenvalue weighted by atomic mass is 16.5. The highest BCUT2D eigenvalue weighted by molar-refractivity contribution is 6.00. The van der Waals surface area contributed by atoms with E-state index in [0.29, 0.717) is 0 Å². The summed E-state index contributed by atoms with van der Waals surface area (Å²) in [5, 5.41) is 0. The Bertz CT molecular complexity index is 535. The number of methoxy groups -OCH3 is 2. The Hall–Kier alpha value is -1.26. The largest absolute Gasteiger partial charge is 0.370 e. The fourth-order valence-corrected chi connectivity index (χ4v) is 4.18. The number of carbonyl (C=O) groups excluding carboxylic acids is 2. The number of ketones is 2. The molecular weight excluding hydrogens is 256 g/mol. The van der Waals surface area contributed by atoms with E-state index in [9.17, 15) is 9.59 Å². The van der Waals surface area contributed by atoms with Gasteiger partial charge in [-0.2, -0.15) is 0 Å². The summed E-state index contributed by atoms with van der Waals surface area (Å²) in [5.41, 5.74) is -1.76. The third kappa shape index (κ3) is 1.38. The van der Waals surface area contributed by atoms with Crippen LogP contribution in [-0.4, -0.2) is 37.0 Å². The van der Waals surface area contributed by atoms with Crippen molar-refractivity contribution in [2.45, 2.75) is 25.0 Å². The summed E-state index contributed by atoms with van der Waals surface area (Å²) >= 11 is 0. The van der Waals surface area contributed by atoms with Gasteiger partial charge in [-0.25, -0.2) is 0 Å². The minimum atomic E-state index is -0.895. The highest BCUT2D eigenvalue weighted by Crippen LogP contribution is 2.55.